The number of amides is 1. The monoisotopic (exact) mass is 368 g/mol. The van der Waals surface area contributed by atoms with Gasteiger partial charge in [-0.1, -0.05) is 0 Å². The molecule has 0 spiro atoms. The smallest absolute Gasteiger partial charge is 0.410 e. The van der Waals surface area contributed by atoms with Gasteiger partial charge in [0.25, 0.3) is 0 Å². The Morgan fingerprint density at radius 3 is 2.19 bits per heavy atom. The first-order chi connectivity index (χ1) is 12.2. The van der Waals surface area contributed by atoms with E-state index < -0.39 is 5.60 Å². The van der Waals surface area contributed by atoms with Crippen LogP contribution >= 0.6 is 0 Å². The summed E-state index contributed by atoms with van der Waals surface area (Å²) in [6.07, 6.45) is 9.15. The van der Waals surface area contributed by atoms with E-state index in [4.69, 9.17) is 15.2 Å². The number of nitrogens with two attached hydrogens (primary N) is 1. The molecule has 1 aliphatic heterocycles. The Morgan fingerprint density at radius 2 is 1.65 bits per heavy atom. The standard InChI is InChI=1S/C21H40N2O3/c1-15-13-19(14-16(2)23(15)20(24)26-21(3,4)5)25-12-6-7-17-8-10-18(22)11-9-17/h15-19H,6-14,22H2,1-5H3. The predicted octanol–water partition coefficient (Wildman–Crippen LogP) is 4.48. The zero-order valence-corrected chi connectivity index (χ0v) is 17.5. The average molecular weight is 369 g/mol. The second-order valence-electron chi connectivity index (χ2n) is 9.47. The van der Waals surface area contributed by atoms with Crippen LogP contribution in [-0.2, 0) is 9.47 Å². The van der Waals surface area contributed by atoms with Gasteiger partial charge in [-0.25, -0.2) is 4.79 Å². The third-order valence-electron chi connectivity index (χ3n) is 5.76. The molecule has 1 saturated carbocycles. The number of hydrogen-bond donors (Lipinski definition) is 1. The Kier molecular flexibility index (Phi) is 7.77. The molecule has 1 saturated heterocycles. The Balaban J connectivity index is 1.69. The molecule has 0 aromatic carbocycles. The fourth-order valence-electron chi connectivity index (χ4n) is 4.43. The largest absolute Gasteiger partial charge is 0.444 e. The quantitative estimate of drug-likeness (QED) is 0.727. The van der Waals surface area contributed by atoms with Gasteiger partial charge in [-0.2, -0.15) is 0 Å². The Labute approximate surface area is 160 Å². The van der Waals surface area contributed by atoms with Crippen molar-refractivity contribution in [3.63, 3.8) is 0 Å². The van der Waals surface area contributed by atoms with Crippen LogP contribution < -0.4 is 5.73 Å². The van der Waals surface area contributed by atoms with E-state index in [0.717, 1.165) is 31.8 Å². The van der Waals surface area contributed by atoms with Gasteiger partial charge in [-0.15, -0.1) is 0 Å². The van der Waals surface area contributed by atoms with E-state index >= 15 is 0 Å². The minimum Gasteiger partial charge on any atom is -0.444 e. The summed E-state index contributed by atoms with van der Waals surface area (Å²) in [6, 6.07) is 0.734. The molecule has 1 heterocycles. The van der Waals surface area contributed by atoms with Crippen LogP contribution in [0.3, 0.4) is 0 Å². The molecule has 0 radical (unpaired) electrons. The van der Waals surface area contributed by atoms with Gasteiger partial charge < -0.3 is 20.1 Å². The van der Waals surface area contributed by atoms with Gasteiger partial charge in [0.05, 0.1) is 6.10 Å². The highest BCUT2D eigenvalue weighted by Gasteiger charge is 2.36. The molecule has 2 aliphatic rings. The molecule has 0 aromatic rings. The first-order valence-corrected chi connectivity index (χ1v) is 10.5. The molecule has 2 rings (SSSR count). The fraction of sp³-hybridized carbons (Fsp3) is 0.952. The van der Waals surface area contributed by atoms with Crippen LogP contribution in [0.25, 0.3) is 0 Å². The molecular formula is C21H40N2O3. The third kappa shape index (κ3) is 6.73. The van der Waals surface area contributed by atoms with Crippen LogP contribution in [0, 0.1) is 5.92 Å². The highest BCUT2D eigenvalue weighted by molar-refractivity contribution is 5.69. The Morgan fingerprint density at radius 1 is 1.08 bits per heavy atom. The minimum absolute atomic E-state index is 0.151. The van der Waals surface area contributed by atoms with Crippen molar-refractivity contribution in [1.29, 1.82) is 0 Å². The predicted molar refractivity (Wildman–Crippen MR) is 105 cm³/mol. The molecule has 0 bridgehead atoms. The second kappa shape index (κ2) is 9.41. The first kappa shape index (κ1) is 21.5. The average Bonchev–Trinajstić information content (AvgIpc) is 2.51. The molecule has 5 nitrogen and oxygen atoms in total. The van der Waals surface area contributed by atoms with Crippen LogP contribution in [0.4, 0.5) is 4.79 Å². The highest BCUT2D eigenvalue weighted by Crippen LogP contribution is 2.29. The molecule has 1 aliphatic carbocycles. The molecule has 26 heavy (non-hydrogen) atoms. The highest BCUT2D eigenvalue weighted by atomic mass is 16.6. The normalized spacial score (nSPS) is 33.2. The van der Waals surface area contributed by atoms with Crippen molar-refractivity contribution in [2.24, 2.45) is 11.7 Å². The number of hydrogen-bond acceptors (Lipinski definition) is 4. The summed E-state index contributed by atoms with van der Waals surface area (Å²) in [4.78, 5) is 14.3. The van der Waals surface area contributed by atoms with Gasteiger partial charge in [-0.05, 0) is 91.9 Å². The lowest BCUT2D eigenvalue weighted by Crippen LogP contribution is -2.53. The number of ether oxygens (including phenoxy) is 2. The first-order valence-electron chi connectivity index (χ1n) is 10.5. The summed E-state index contributed by atoms with van der Waals surface area (Å²) >= 11 is 0. The van der Waals surface area contributed by atoms with Gasteiger partial charge in [-0.3, -0.25) is 0 Å². The molecule has 152 valence electrons. The molecule has 2 unspecified atom stereocenters. The maximum atomic E-state index is 12.5. The van der Waals surface area contributed by atoms with Crippen LogP contribution in [0.1, 0.15) is 86.0 Å². The number of likely N-dealkylation sites (tertiary alicyclic amines) is 1. The van der Waals surface area contributed by atoms with E-state index in [0.29, 0.717) is 6.04 Å². The van der Waals surface area contributed by atoms with E-state index in [1.54, 1.807) is 0 Å². The van der Waals surface area contributed by atoms with Gasteiger partial charge >= 0.3 is 6.09 Å². The van der Waals surface area contributed by atoms with Crippen molar-refractivity contribution >= 4 is 6.09 Å². The lowest BCUT2D eigenvalue weighted by atomic mass is 9.84. The van der Waals surface area contributed by atoms with Crippen molar-refractivity contribution < 1.29 is 14.3 Å². The maximum Gasteiger partial charge on any atom is 0.410 e. The minimum atomic E-state index is -0.451. The lowest BCUT2D eigenvalue weighted by molar-refractivity contribution is -0.0466. The number of rotatable bonds is 5. The lowest BCUT2D eigenvalue weighted by Gasteiger charge is -2.42. The van der Waals surface area contributed by atoms with Crippen molar-refractivity contribution in [3.8, 4) is 0 Å². The van der Waals surface area contributed by atoms with Crippen LogP contribution in [-0.4, -0.2) is 47.4 Å². The van der Waals surface area contributed by atoms with E-state index in [9.17, 15) is 4.79 Å². The molecule has 5 heteroatoms. The van der Waals surface area contributed by atoms with Gasteiger partial charge in [0, 0.05) is 24.7 Å². The van der Waals surface area contributed by atoms with E-state index in [1.165, 1.54) is 32.1 Å². The number of piperidine rings is 1. The number of carbonyl (C=O) groups is 1. The fourth-order valence-corrected chi connectivity index (χ4v) is 4.43. The van der Waals surface area contributed by atoms with Crippen molar-refractivity contribution in [3.05, 3.63) is 0 Å². The zero-order chi connectivity index (χ0) is 19.3. The van der Waals surface area contributed by atoms with Crippen molar-refractivity contribution in [1.82, 2.24) is 4.90 Å². The summed E-state index contributed by atoms with van der Waals surface area (Å²) in [6.45, 7) is 10.8. The molecule has 2 fully saturated rings. The third-order valence-corrected chi connectivity index (χ3v) is 5.76. The van der Waals surface area contributed by atoms with Crippen molar-refractivity contribution in [2.45, 2.75) is 116 Å². The van der Waals surface area contributed by atoms with Crippen LogP contribution in [0.5, 0.6) is 0 Å². The summed E-state index contributed by atoms with van der Waals surface area (Å²) in [7, 11) is 0. The number of carbonyl (C=O) groups excluding carboxylic acids is 1. The number of nitrogens with zero attached hydrogens (tertiary/aromatic N) is 1. The topological polar surface area (TPSA) is 64.8 Å². The maximum absolute atomic E-state index is 12.5. The SMILES string of the molecule is CC1CC(OCCCC2CCC(N)CC2)CC(C)N1C(=O)OC(C)(C)C. The van der Waals surface area contributed by atoms with Gasteiger partial charge in [0.15, 0.2) is 0 Å². The zero-order valence-electron chi connectivity index (χ0n) is 17.5. The van der Waals surface area contributed by atoms with Crippen molar-refractivity contribution in [2.75, 3.05) is 6.61 Å². The second-order valence-corrected chi connectivity index (χ2v) is 9.47. The van der Waals surface area contributed by atoms with E-state index in [1.807, 2.05) is 25.7 Å². The molecule has 2 atom stereocenters. The van der Waals surface area contributed by atoms with Gasteiger partial charge in [0.1, 0.15) is 5.60 Å². The summed E-state index contributed by atoms with van der Waals surface area (Å²) in [5.74, 6) is 0.838. The Hall–Kier alpha value is -0.810. The molecule has 2 N–H and O–H groups in total. The van der Waals surface area contributed by atoms with E-state index in [-0.39, 0.29) is 24.3 Å². The van der Waals surface area contributed by atoms with Gasteiger partial charge in [0.2, 0.25) is 0 Å². The van der Waals surface area contributed by atoms with Crippen LogP contribution in [0.2, 0.25) is 0 Å². The van der Waals surface area contributed by atoms with E-state index in [2.05, 4.69) is 13.8 Å². The van der Waals surface area contributed by atoms with Crippen LogP contribution in [0.15, 0.2) is 0 Å². The Bertz CT molecular complexity index is 429. The summed E-state index contributed by atoms with van der Waals surface area (Å²) < 4.78 is 11.7. The molecule has 0 aromatic heterocycles. The molecule has 1 amide bonds. The molecular weight excluding hydrogens is 328 g/mol. The summed E-state index contributed by atoms with van der Waals surface area (Å²) in [5, 5.41) is 0. The summed E-state index contributed by atoms with van der Waals surface area (Å²) in [5.41, 5.74) is 5.53.